The molecule has 0 saturated heterocycles. The van der Waals surface area contributed by atoms with E-state index in [9.17, 15) is 4.79 Å². The number of carbonyl (C=O) groups is 1. The first kappa shape index (κ1) is 18.2. The van der Waals surface area contributed by atoms with E-state index in [0.717, 1.165) is 11.4 Å². The van der Waals surface area contributed by atoms with Crippen molar-refractivity contribution in [3.63, 3.8) is 0 Å². The van der Waals surface area contributed by atoms with Crippen LogP contribution in [0, 0.1) is 0 Å². The van der Waals surface area contributed by atoms with E-state index in [1.807, 2.05) is 30.3 Å². The number of rotatable bonds is 7. The minimum absolute atomic E-state index is 0.218. The number of ether oxygens (including phenoxy) is 2. The Balaban J connectivity index is 1.69. The molecule has 0 fully saturated rings. The minimum atomic E-state index is -0.218. The summed E-state index contributed by atoms with van der Waals surface area (Å²) < 4.78 is 10.5. The third-order valence-electron chi connectivity index (χ3n) is 3.83. The fourth-order valence-electron chi connectivity index (χ4n) is 2.49. The van der Waals surface area contributed by atoms with Gasteiger partial charge in [0.05, 0.1) is 43.9 Å². The molecule has 1 aromatic carbocycles. The third kappa shape index (κ3) is 4.72. The van der Waals surface area contributed by atoms with Gasteiger partial charge in [0.1, 0.15) is 0 Å². The monoisotopic (exact) mass is 364 g/mol. The molecule has 0 unspecified atom stereocenters. The second kappa shape index (κ2) is 8.66. The fraction of sp³-hybridized carbons (Fsp3) is 0.150. The van der Waals surface area contributed by atoms with E-state index in [0.29, 0.717) is 29.3 Å². The lowest BCUT2D eigenvalue weighted by atomic mass is 10.2. The van der Waals surface area contributed by atoms with Gasteiger partial charge >= 0.3 is 0 Å². The van der Waals surface area contributed by atoms with Crippen molar-refractivity contribution in [2.45, 2.75) is 6.54 Å². The Morgan fingerprint density at radius 2 is 1.85 bits per heavy atom. The Labute approximate surface area is 157 Å². The van der Waals surface area contributed by atoms with Gasteiger partial charge in [0, 0.05) is 24.1 Å². The molecule has 138 valence electrons. The summed E-state index contributed by atoms with van der Waals surface area (Å²) in [5.41, 5.74) is 2.73. The van der Waals surface area contributed by atoms with Crippen molar-refractivity contribution in [1.29, 1.82) is 0 Å². The summed E-state index contributed by atoms with van der Waals surface area (Å²) in [5, 5.41) is 6.04. The van der Waals surface area contributed by atoms with Crippen molar-refractivity contribution in [1.82, 2.24) is 15.3 Å². The van der Waals surface area contributed by atoms with E-state index in [2.05, 4.69) is 20.6 Å². The number of carbonyl (C=O) groups excluding carboxylic acids is 1. The fourth-order valence-corrected chi connectivity index (χ4v) is 2.49. The summed E-state index contributed by atoms with van der Waals surface area (Å²) in [7, 11) is 3.16. The number of pyridine rings is 2. The van der Waals surface area contributed by atoms with Crippen molar-refractivity contribution in [2.75, 3.05) is 19.5 Å². The number of hydrogen-bond donors (Lipinski definition) is 2. The van der Waals surface area contributed by atoms with Gasteiger partial charge < -0.3 is 20.1 Å². The largest absolute Gasteiger partial charge is 0.493 e. The van der Waals surface area contributed by atoms with Crippen LogP contribution in [0.2, 0.25) is 0 Å². The molecular weight excluding hydrogens is 344 g/mol. The first-order chi connectivity index (χ1) is 13.2. The molecule has 1 amide bonds. The van der Waals surface area contributed by atoms with Crippen LogP contribution in [-0.4, -0.2) is 30.1 Å². The van der Waals surface area contributed by atoms with Crippen molar-refractivity contribution in [2.24, 2.45) is 0 Å². The van der Waals surface area contributed by atoms with Gasteiger partial charge in [0.15, 0.2) is 11.5 Å². The first-order valence-corrected chi connectivity index (χ1v) is 8.32. The number of aromatic nitrogens is 2. The van der Waals surface area contributed by atoms with Gasteiger partial charge in [-0.15, -0.1) is 0 Å². The summed E-state index contributed by atoms with van der Waals surface area (Å²) in [5.74, 6) is 1.03. The first-order valence-electron chi connectivity index (χ1n) is 8.32. The number of benzene rings is 1. The number of methoxy groups -OCH3 is 2. The van der Waals surface area contributed by atoms with Gasteiger partial charge in [0.2, 0.25) is 0 Å². The van der Waals surface area contributed by atoms with Crippen molar-refractivity contribution in [3.05, 3.63) is 72.3 Å². The second-order valence-corrected chi connectivity index (χ2v) is 5.66. The quantitative estimate of drug-likeness (QED) is 0.670. The zero-order valence-corrected chi connectivity index (χ0v) is 15.1. The summed E-state index contributed by atoms with van der Waals surface area (Å²) >= 11 is 0. The zero-order valence-electron chi connectivity index (χ0n) is 15.1. The highest BCUT2D eigenvalue weighted by Crippen LogP contribution is 2.31. The summed E-state index contributed by atoms with van der Waals surface area (Å²) in [4.78, 5) is 20.7. The predicted molar refractivity (Wildman–Crippen MR) is 102 cm³/mol. The molecule has 2 aromatic heterocycles. The van der Waals surface area contributed by atoms with Crippen molar-refractivity contribution >= 4 is 17.3 Å². The van der Waals surface area contributed by atoms with Crippen LogP contribution in [0.5, 0.6) is 11.5 Å². The number of hydrogen-bond acceptors (Lipinski definition) is 6. The maximum atomic E-state index is 12.4. The normalized spacial score (nSPS) is 10.1. The summed E-state index contributed by atoms with van der Waals surface area (Å²) in [6.07, 6.45) is 4.86. The molecule has 7 nitrogen and oxygen atoms in total. The van der Waals surface area contributed by atoms with E-state index in [1.54, 1.807) is 38.7 Å². The van der Waals surface area contributed by atoms with E-state index < -0.39 is 0 Å². The maximum Gasteiger partial charge on any atom is 0.253 e. The molecule has 3 rings (SSSR count). The van der Waals surface area contributed by atoms with Crippen LogP contribution in [0.25, 0.3) is 0 Å². The Morgan fingerprint density at radius 1 is 1.00 bits per heavy atom. The lowest BCUT2D eigenvalue weighted by Crippen LogP contribution is -2.23. The van der Waals surface area contributed by atoms with E-state index in [1.165, 1.54) is 6.20 Å². The predicted octanol–water partition coefficient (Wildman–Crippen LogP) is 3.17. The molecule has 7 heteroatoms. The van der Waals surface area contributed by atoms with Gasteiger partial charge in [-0.25, -0.2) is 0 Å². The molecule has 0 radical (unpaired) electrons. The van der Waals surface area contributed by atoms with Crippen LogP contribution in [-0.2, 0) is 6.54 Å². The number of anilines is 2. The highest BCUT2D eigenvalue weighted by Gasteiger charge is 2.09. The SMILES string of the molecule is COc1ccc(Nc2cncc(C(=O)NCc3ccccn3)c2)cc1OC. The van der Waals surface area contributed by atoms with Crippen LogP contribution >= 0.6 is 0 Å². The smallest absolute Gasteiger partial charge is 0.253 e. The van der Waals surface area contributed by atoms with Gasteiger partial charge in [-0.1, -0.05) is 6.07 Å². The standard InChI is InChI=1S/C20H20N4O3/c1-26-18-7-6-15(10-19(18)27-2)24-17-9-14(11-21-12-17)20(25)23-13-16-5-3-4-8-22-16/h3-12,24H,13H2,1-2H3,(H,23,25). The average molecular weight is 364 g/mol. The Morgan fingerprint density at radius 3 is 2.59 bits per heavy atom. The van der Waals surface area contributed by atoms with Crippen LogP contribution in [0.3, 0.4) is 0 Å². The highest BCUT2D eigenvalue weighted by atomic mass is 16.5. The molecule has 0 atom stereocenters. The van der Waals surface area contributed by atoms with E-state index in [-0.39, 0.29) is 5.91 Å². The molecule has 0 spiro atoms. The zero-order chi connectivity index (χ0) is 19.1. The van der Waals surface area contributed by atoms with Gasteiger partial charge in [0.25, 0.3) is 5.91 Å². The van der Waals surface area contributed by atoms with Crippen LogP contribution in [0.4, 0.5) is 11.4 Å². The molecule has 0 aliphatic heterocycles. The minimum Gasteiger partial charge on any atom is -0.493 e. The Bertz CT molecular complexity index is 916. The molecule has 3 aromatic rings. The van der Waals surface area contributed by atoms with Crippen molar-refractivity contribution < 1.29 is 14.3 Å². The molecule has 2 N–H and O–H groups in total. The second-order valence-electron chi connectivity index (χ2n) is 5.66. The Hall–Kier alpha value is -3.61. The van der Waals surface area contributed by atoms with Gasteiger partial charge in [-0.3, -0.25) is 14.8 Å². The molecule has 27 heavy (non-hydrogen) atoms. The average Bonchev–Trinajstić information content (AvgIpc) is 2.73. The maximum absolute atomic E-state index is 12.4. The molecular formula is C20H20N4O3. The van der Waals surface area contributed by atoms with Gasteiger partial charge in [-0.05, 0) is 30.3 Å². The van der Waals surface area contributed by atoms with Crippen LogP contribution in [0.15, 0.2) is 61.1 Å². The summed E-state index contributed by atoms with van der Waals surface area (Å²) in [6.45, 7) is 0.354. The number of nitrogens with one attached hydrogen (secondary N) is 2. The Kier molecular flexibility index (Phi) is 5.84. The summed E-state index contributed by atoms with van der Waals surface area (Å²) in [6, 6.07) is 12.8. The van der Waals surface area contributed by atoms with E-state index in [4.69, 9.17) is 9.47 Å². The van der Waals surface area contributed by atoms with Gasteiger partial charge in [-0.2, -0.15) is 0 Å². The molecule has 0 aliphatic rings. The topological polar surface area (TPSA) is 85.4 Å². The lowest BCUT2D eigenvalue weighted by molar-refractivity contribution is 0.0950. The highest BCUT2D eigenvalue weighted by molar-refractivity contribution is 5.94. The molecule has 0 bridgehead atoms. The van der Waals surface area contributed by atoms with Crippen LogP contribution < -0.4 is 20.1 Å². The number of amides is 1. The molecule has 0 saturated carbocycles. The lowest BCUT2D eigenvalue weighted by Gasteiger charge is -2.12. The molecule has 2 heterocycles. The number of nitrogens with zero attached hydrogens (tertiary/aromatic N) is 2. The van der Waals surface area contributed by atoms with Crippen molar-refractivity contribution in [3.8, 4) is 11.5 Å². The van der Waals surface area contributed by atoms with E-state index >= 15 is 0 Å². The van der Waals surface area contributed by atoms with Crippen LogP contribution in [0.1, 0.15) is 16.1 Å². The third-order valence-corrected chi connectivity index (χ3v) is 3.83. The molecule has 0 aliphatic carbocycles.